The Hall–Kier alpha value is -5.71. The molecule has 1 atom stereocenters. The second-order valence-electron chi connectivity index (χ2n) is 10.8. The molecule has 3 amide bonds. The lowest BCUT2D eigenvalue weighted by molar-refractivity contribution is -0.384. The highest BCUT2D eigenvalue weighted by Gasteiger charge is 2.30. The van der Waals surface area contributed by atoms with E-state index in [1.54, 1.807) is 29.8 Å². The maximum Gasteiger partial charge on any atom is 0.296 e. The summed E-state index contributed by atoms with van der Waals surface area (Å²) < 4.78 is 20.2. The summed E-state index contributed by atoms with van der Waals surface area (Å²) in [6.45, 7) is 4.94. The van der Waals surface area contributed by atoms with Crippen molar-refractivity contribution in [1.82, 2.24) is 19.3 Å². The number of nitro benzene ring substituents is 1. The summed E-state index contributed by atoms with van der Waals surface area (Å²) in [6.07, 6.45) is 0.987. The average Bonchev–Trinajstić information content (AvgIpc) is 3.60. The van der Waals surface area contributed by atoms with E-state index in [1.807, 2.05) is 11.5 Å². The van der Waals surface area contributed by atoms with E-state index >= 15 is 0 Å². The fourth-order valence-corrected chi connectivity index (χ4v) is 5.46. The van der Waals surface area contributed by atoms with E-state index in [9.17, 15) is 24.5 Å². The van der Waals surface area contributed by atoms with Crippen LogP contribution in [0.5, 0.6) is 11.5 Å². The fourth-order valence-electron chi connectivity index (χ4n) is 5.46. The highest BCUT2D eigenvalue weighted by atomic mass is 16.6. The second-order valence-corrected chi connectivity index (χ2v) is 10.8. The molecular weight excluding hydrogens is 614 g/mol. The lowest BCUT2D eigenvalue weighted by atomic mass is 10.1. The number of primary amides is 2. The summed E-state index contributed by atoms with van der Waals surface area (Å²) in [7, 11) is 1.49. The molecule has 6 N–H and O–H groups in total. The predicted octanol–water partition coefficient (Wildman–Crippen LogP) is 2.77. The van der Waals surface area contributed by atoms with E-state index in [4.69, 9.17) is 25.7 Å². The Kier molecular flexibility index (Phi) is 9.55. The largest absolute Gasteiger partial charge is 0.489 e. The van der Waals surface area contributed by atoms with E-state index in [0.29, 0.717) is 47.6 Å². The van der Waals surface area contributed by atoms with Gasteiger partial charge >= 0.3 is 0 Å². The van der Waals surface area contributed by atoms with Crippen LogP contribution in [0.3, 0.4) is 0 Å². The number of hydrogen-bond acceptors (Lipinski definition) is 11. The lowest BCUT2D eigenvalue weighted by Crippen LogP contribution is -2.26. The number of ether oxygens (including phenoxy) is 3. The van der Waals surface area contributed by atoms with Crippen molar-refractivity contribution >= 4 is 46.1 Å². The van der Waals surface area contributed by atoms with E-state index in [2.05, 4.69) is 20.7 Å². The van der Waals surface area contributed by atoms with Crippen LogP contribution in [0.4, 0.5) is 17.3 Å². The first-order chi connectivity index (χ1) is 22.5. The minimum Gasteiger partial charge on any atom is -0.489 e. The zero-order chi connectivity index (χ0) is 33.8. The monoisotopic (exact) mass is 649 g/mol. The normalized spacial score (nSPS) is 13.6. The number of anilines is 2. The van der Waals surface area contributed by atoms with Gasteiger partial charge in [0.2, 0.25) is 17.8 Å². The number of benzene rings is 2. The van der Waals surface area contributed by atoms with Gasteiger partial charge in [0.15, 0.2) is 5.69 Å². The van der Waals surface area contributed by atoms with Crippen molar-refractivity contribution in [1.29, 1.82) is 0 Å². The number of nitrogens with two attached hydrogens (primary N) is 2. The number of hydrogen-bond donors (Lipinski definition) is 4. The molecule has 1 aliphatic heterocycles. The van der Waals surface area contributed by atoms with E-state index in [1.165, 1.54) is 13.2 Å². The second kappa shape index (κ2) is 13.7. The molecule has 0 radical (unpaired) electrons. The molecule has 5 rings (SSSR count). The van der Waals surface area contributed by atoms with Gasteiger partial charge in [-0.2, -0.15) is 5.10 Å². The number of methoxy groups -OCH3 is 1. The molecule has 248 valence electrons. The third-order valence-corrected chi connectivity index (χ3v) is 7.61. The molecule has 17 nitrogen and oxygen atoms in total. The zero-order valence-corrected chi connectivity index (χ0v) is 26.1. The Labute approximate surface area is 268 Å². The van der Waals surface area contributed by atoms with E-state index < -0.39 is 22.6 Å². The standard InChI is InChI=1S/C30H35N9O8/c1-4-37-22(10-16(2)36-37)29(42)35-30-34-20-11-17(27(31)40)14-24-26(20)38(30)19(15-47-24)6-5-7-33-25-21(39(43)44)12-18(28(32)41)13-23(25)46-9-8-45-3/h10-14,19,33H,4-9,15H2,1-3H3,(H2,31,40)(H2,32,41)(H,34,35,42)/t19-/m0/s1. The van der Waals surface area contributed by atoms with Gasteiger partial charge in [-0.15, -0.1) is 0 Å². The number of imidazole rings is 1. The summed E-state index contributed by atoms with van der Waals surface area (Å²) in [5, 5.41) is 22.3. The SMILES string of the molecule is CCn1nc(C)cc1C(=O)Nc1nc2cc(C(N)=O)cc3c2n1[C@@H](CCCNc1c(OCCOC)cc(C(N)=O)cc1[N+](=O)[O-])CO3. The van der Waals surface area contributed by atoms with Gasteiger partial charge in [-0.1, -0.05) is 0 Å². The molecule has 2 aromatic carbocycles. The van der Waals surface area contributed by atoms with Crippen molar-refractivity contribution < 1.29 is 33.5 Å². The number of carbonyl (C=O) groups excluding carboxylic acids is 3. The van der Waals surface area contributed by atoms with Crippen molar-refractivity contribution in [3.8, 4) is 11.5 Å². The molecule has 0 bridgehead atoms. The smallest absolute Gasteiger partial charge is 0.296 e. The van der Waals surface area contributed by atoms with Gasteiger partial charge in [0.05, 0.1) is 28.8 Å². The van der Waals surface area contributed by atoms with Crippen LogP contribution in [-0.4, -0.2) is 75.5 Å². The van der Waals surface area contributed by atoms with Crippen molar-refractivity contribution in [3.05, 3.63) is 63.0 Å². The number of amides is 3. The Balaban J connectivity index is 1.41. The lowest BCUT2D eigenvalue weighted by Gasteiger charge is -2.27. The first kappa shape index (κ1) is 32.7. The van der Waals surface area contributed by atoms with Crippen molar-refractivity contribution in [3.63, 3.8) is 0 Å². The quantitative estimate of drug-likeness (QED) is 0.0830. The number of nitrogens with zero attached hydrogens (tertiary/aromatic N) is 5. The molecule has 17 heteroatoms. The van der Waals surface area contributed by atoms with Crippen LogP contribution in [0.1, 0.15) is 62.7 Å². The number of aryl methyl sites for hydroxylation is 2. The Bertz CT molecular complexity index is 1870. The number of nitro groups is 1. The van der Waals surface area contributed by atoms with E-state index in [0.717, 1.165) is 6.07 Å². The summed E-state index contributed by atoms with van der Waals surface area (Å²) in [5.41, 5.74) is 12.9. The highest BCUT2D eigenvalue weighted by Crippen LogP contribution is 2.39. The molecule has 0 saturated heterocycles. The van der Waals surface area contributed by atoms with Gasteiger partial charge in [0.1, 0.15) is 35.9 Å². The molecule has 47 heavy (non-hydrogen) atoms. The maximum absolute atomic E-state index is 13.4. The number of aromatic nitrogens is 4. The molecule has 0 saturated carbocycles. The molecule has 0 spiro atoms. The van der Waals surface area contributed by atoms with Crippen molar-refractivity contribution in [2.24, 2.45) is 11.5 Å². The minimum absolute atomic E-state index is 0.0666. The summed E-state index contributed by atoms with van der Waals surface area (Å²) in [6, 6.07) is 6.91. The molecule has 1 aliphatic rings. The van der Waals surface area contributed by atoms with Crippen LogP contribution < -0.4 is 31.6 Å². The van der Waals surface area contributed by atoms with Gasteiger partial charge in [0.25, 0.3) is 11.6 Å². The number of nitrogens with one attached hydrogen (secondary N) is 2. The predicted molar refractivity (Wildman–Crippen MR) is 170 cm³/mol. The maximum atomic E-state index is 13.4. The highest BCUT2D eigenvalue weighted by molar-refractivity contribution is 6.04. The van der Waals surface area contributed by atoms with Crippen LogP contribution in [-0.2, 0) is 11.3 Å². The summed E-state index contributed by atoms with van der Waals surface area (Å²) in [4.78, 5) is 53.2. The van der Waals surface area contributed by atoms with E-state index in [-0.39, 0.29) is 66.6 Å². The fraction of sp³-hybridized carbons (Fsp3) is 0.367. The van der Waals surface area contributed by atoms with Crippen LogP contribution in [0.25, 0.3) is 11.0 Å². The van der Waals surface area contributed by atoms with Gasteiger partial charge in [0, 0.05) is 37.4 Å². The molecule has 0 unspecified atom stereocenters. The van der Waals surface area contributed by atoms with Crippen molar-refractivity contribution in [2.75, 3.05) is 44.1 Å². The Morgan fingerprint density at radius 2 is 1.87 bits per heavy atom. The van der Waals surface area contributed by atoms with Crippen LogP contribution in [0, 0.1) is 17.0 Å². The zero-order valence-electron chi connectivity index (χ0n) is 26.1. The van der Waals surface area contributed by atoms with Gasteiger partial charge in [-0.05, 0) is 51.0 Å². The molecular formula is C30H35N9O8. The molecule has 3 heterocycles. The molecule has 4 aromatic rings. The van der Waals surface area contributed by atoms with Gasteiger partial charge in [-0.3, -0.25) is 34.5 Å². The molecule has 0 fully saturated rings. The number of rotatable bonds is 15. The first-order valence-electron chi connectivity index (χ1n) is 14.8. The summed E-state index contributed by atoms with van der Waals surface area (Å²) >= 11 is 0. The van der Waals surface area contributed by atoms with Crippen LogP contribution >= 0.6 is 0 Å². The first-order valence-corrected chi connectivity index (χ1v) is 14.8. The van der Waals surface area contributed by atoms with Crippen molar-refractivity contribution in [2.45, 2.75) is 39.3 Å². The van der Waals surface area contributed by atoms with Gasteiger partial charge in [-0.25, -0.2) is 4.98 Å². The molecule has 2 aromatic heterocycles. The number of carbonyl (C=O) groups is 3. The Morgan fingerprint density at radius 3 is 2.55 bits per heavy atom. The third-order valence-electron chi connectivity index (χ3n) is 7.61. The average molecular weight is 650 g/mol. The van der Waals surface area contributed by atoms with Crippen LogP contribution in [0.15, 0.2) is 30.3 Å². The summed E-state index contributed by atoms with van der Waals surface area (Å²) in [5.74, 6) is -1.15. The van der Waals surface area contributed by atoms with Gasteiger partial charge < -0.3 is 35.6 Å². The topological polar surface area (TPSA) is 234 Å². The third kappa shape index (κ3) is 6.79. The molecule has 0 aliphatic carbocycles. The minimum atomic E-state index is -0.833. The van der Waals surface area contributed by atoms with Crippen LogP contribution in [0.2, 0.25) is 0 Å². The Morgan fingerprint density at radius 1 is 1.13 bits per heavy atom.